The van der Waals surface area contributed by atoms with Crippen molar-refractivity contribution in [2.45, 2.75) is 6.92 Å². The first-order chi connectivity index (χ1) is 5.59. The van der Waals surface area contributed by atoms with E-state index in [9.17, 15) is 9.59 Å². The number of ether oxygens (including phenoxy) is 1. The Balaban J connectivity index is 0. The first-order valence-electron chi connectivity index (χ1n) is 3.10. The van der Waals surface area contributed by atoms with Crippen molar-refractivity contribution in [3.05, 3.63) is 0 Å². The smallest absolute Gasteiger partial charge is 0.391 e. The van der Waals surface area contributed by atoms with Crippen LogP contribution >= 0.6 is 11.6 Å². The van der Waals surface area contributed by atoms with E-state index < -0.39 is 11.2 Å². The van der Waals surface area contributed by atoms with Gasteiger partial charge < -0.3 is 10.5 Å². The number of terminal acetylenes is 1. The van der Waals surface area contributed by atoms with Gasteiger partial charge in [-0.1, -0.05) is 5.92 Å². The van der Waals surface area contributed by atoms with Crippen molar-refractivity contribution in [3.63, 3.8) is 0 Å². The fraction of sp³-hybridized carbons (Fsp3) is 0.429. The van der Waals surface area contributed by atoms with E-state index in [1.165, 1.54) is 0 Å². The first-order valence-corrected chi connectivity index (χ1v) is 3.48. The number of nitrogens with two attached hydrogens (primary N) is 1. The molecule has 0 aliphatic heterocycles. The largest absolute Gasteiger partial charge is 0.459 e. The number of esters is 1. The molecule has 0 aromatic carbocycles. The topological polar surface area (TPSA) is 69.4 Å². The second-order valence-electron chi connectivity index (χ2n) is 1.40. The van der Waals surface area contributed by atoms with Crippen LogP contribution in [0, 0.1) is 12.3 Å². The van der Waals surface area contributed by atoms with Crippen molar-refractivity contribution >= 4 is 22.8 Å². The number of hydrogen-bond acceptors (Lipinski definition) is 4. The summed E-state index contributed by atoms with van der Waals surface area (Å²) in [7, 11) is 0. The van der Waals surface area contributed by atoms with Gasteiger partial charge >= 0.3 is 11.2 Å². The van der Waals surface area contributed by atoms with Crippen molar-refractivity contribution in [3.8, 4) is 12.3 Å². The molecule has 0 saturated heterocycles. The monoisotopic (exact) mass is 191 g/mol. The third kappa shape index (κ3) is 11.7. The molecule has 0 aliphatic rings. The van der Waals surface area contributed by atoms with Crippen LogP contribution in [0.3, 0.4) is 0 Å². The van der Waals surface area contributed by atoms with Crippen LogP contribution in [0.15, 0.2) is 0 Å². The molecule has 4 nitrogen and oxygen atoms in total. The summed E-state index contributed by atoms with van der Waals surface area (Å²) in [5.41, 5.74) is 4.79. The van der Waals surface area contributed by atoms with Crippen molar-refractivity contribution in [2.75, 3.05) is 13.2 Å². The Morgan fingerprint density at radius 1 is 1.67 bits per heavy atom. The van der Waals surface area contributed by atoms with Crippen LogP contribution in [0.2, 0.25) is 0 Å². The number of rotatable bonds is 2. The van der Waals surface area contributed by atoms with E-state index >= 15 is 0 Å². The summed E-state index contributed by atoms with van der Waals surface area (Å²) < 4.78 is 4.18. The van der Waals surface area contributed by atoms with Crippen LogP contribution in [0.5, 0.6) is 0 Å². The van der Waals surface area contributed by atoms with Gasteiger partial charge in [0.25, 0.3) is 0 Å². The Labute approximate surface area is 76.0 Å². The number of carbonyl (C=O) groups is 2. The summed E-state index contributed by atoms with van der Waals surface area (Å²) in [5, 5.41) is -1.08. The molecular formula is C7H10ClNO3. The van der Waals surface area contributed by atoms with Crippen LogP contribution in [0.25, 0.3) is 0 Å². The minimum atomic E-state index is -1.08. The highest BCUT2D eigenvalue weighted by molar-refractivity contribution is 6.80. The number of halogens is 1. The van der Waals surface area contributed by atoms with E-state index in [4.69, 9.17) is 17.3 Å². The molecule has 0 atom stereocenters. The fourth-order valence-electron chi connectivity index (χ4n) is 0.188. The highest BCUT2D eigenvalue weighted by Crippen LogP contribution is 1.83. The third-order valence-electron chi connectivity index (χ3n) is 0.554. The second-order valence-corrected chi connectivity index (χ2v) is 1.75. The molecular weight excluding hydrogens is 182 g/mol. The summed E-state index contributed by atoms with van der Waals surface area (Å²) in [5.74, 6) is 1.22. The minimum Gasteiger partial charge on any atom is -0.459 e. The Hall–Kier alpha value is -1.05. The van der Waals surface area contributed by atoms with Crippen LogP contribution in [-0.4, -0.2) is 24.4 Å². The molecule has 0 radical (unpaired) electrons. The Morgan fingerprint density at radius 2 is 2.08 bits per heavy atom. The summed E-state index contributed by atoms with van der Waals surface area (Å²) in [6.45, 7) is 2.12. The molecule has 0 amide bonds. The van der Waals surface area contributed by atoms with Crippen LogP contribution in [0.1, 0.15) is 6.92 Å². The third-order valence-corrected chi connectivity index (χ3v) is 0.708. The maximum Gasteiger partial charge on any atom is 0.391 e. The molecule has 12 heavy (non-hydrogen) atoms. The summed E-state index contributed by atoms with van der Waals surface area (Å²) in [4.78, 5) is 19.9. The molecule has 5 heteroatoms. The van der Waals surface area contributed by atoms with Crippen molar-refractivity contribution in [1.29, 1.82) is 0 Å². The molecule has 0 aromatic rings. The predicted octanol–water partition coefficient (Wildman–Crippen LogP) is -0.107. The van der Waals surface area contributed by atoms with Gasteiger partial charge in [0.15, 0.2) is 0 Å². The van der Waals surface area contributed by atoms with Gasteiger partial charge in [0.05, 0.1) is 13.2 Å². The molecule has 0 saturated carbocycles. The van der Waals surface area contributed by atoms with E-state index in [1.807, 2.05) is 0 Å². The lowest BCUT2D eigenvalue weighted by atomic mass is 10.7. The normalized spacial score (nSPS) is 7.17. The van der Waals surface area contributed by atoms with Crippen LogP contribution in [-0.2, 0) is 14.3 Å². The second kappa shape index (κ2) is 9.95. The maximum atomic E-state index is 10.0. The predicted molar refractivity (Wildman–Crippen MR) is 45.4 cm³/mol. The van der Waals surface area contributed by atoms with Gasteiger partial charge in [-0.15, -0.1) is 6.42 Å². The summed E-state index contributed by atoms with van der Waals surface area (Å²) in [6.07, 6.45) is 4.65. The molecule has 0 unspecified atom stereocenters. The Morgan fingerprint density at radius 3 is 2.17 bits per heavy atom. The van der Waals surface area contributed by atoms with Gasteiger partial charge in [0.2, 0.25) is 0 Å². The van der Waals surface area contributed by atoms with E-state index in [0.717, 1.165) is 0 Å². The highest BCUT2D eigenvalue weighted by Gasteiger charge is 2.08. The molecule has 0 spiro atoms. The molecule has 0 fully saturated rings. The fourth-order valence-corrected chi connectivity index (χ4v) is 0.242. The average Bonchev–Trinajstić information content (AvgIpc) is 2.05. The summed E-state index contributed by atoms with van der Waals surface area (Å²) >= 11 is 4.69. The van der Waals surface area contributed by atoms with Gasteiger partial charge in [0.1, 0.15) is 0 Å². The Bertz CT molecular complexity index is 186. The summed E-state index contributed by atoms with van der Waals surface area (Å²) in [6, 6.07) is 0. The van der Waals surface area contributed by atoms with Gasteiger partial charge in [-0.2, -0.15) is 0 Å². The minimum absolute atomic E-state index is 0.178. The standard InChI is InChI=1S/C4H5ClO3.C3H5N/c1-2-8-4(7)3(5)6;1-2-3-4/h2H2,1H3;1H,3-4H2. The molecule has 0 aromatic heterocycles. The molecule has 2 N–H and O–H groups in total. The molecule has 68 valence electrons. The van der Waals surface area contributed by atoms with Crippen molar-refractivity contribution in [1.82, 2.24) is 0 Å². The zero-order valence-electron chi connectivity index (χ0n) is 6.67. The van der Waals surface area contributed by atoms with E-state index in [1.54, 1.807) is 6.92 Å². The first kappa shape index (κ1) is 13.5. The van der Waals surface area contributed by atoms with Crippen molar-refractivity contribution < 1.29 is 14.3 Å². The van der Waals surface area contributed by atoms with Crippen LogP contribution in [0.4, 0.5) is 0 Å². The molecule has 0 rings (SSSR count). The van der Waals surface area contributed by atoms with E-state index in [2.05, 4.69) is 17.1 Å². The molecule has 0 heterocycles. The van der Waals surface area contributed by atoms with Crippen molar-refractivity contribution in [2.24, 2.45) is 5.73 Å². The lowest BCUT2D eigenvalue weighted by Crippen LogP contribution is -2.10. The van der Waals surface area contributed by atoms with Crippen LogP contribution < -0.4 is 5.73 Å². The highest BCUT2D eigenvalue weighted by atomic mass is 35.5. The molecule has 0 bridgehead atoms. The zero-order valence-corrected chi connectivity index (χ0v) is 7.43. The molecule has 0 aliphatic carbocycles. The maximum absolute atomic E-state index is 10.0. The SMILES string of the molecule is C#CCN.CCOC(=O)C(=O)Cl. The average molecular weight is 192 g/mol. The number of carbonyl (C=O) groups excluding carboxylic acids is 2. The lowest BCUT2D eigenvalue weighted by molar-refractivity contribution is -0.149. The lowest BCUT2D eigenvalue weighted by Gasteiger charge is -1.91. The zero-order chi connectivity index (χ0) is 9.98. The van der Waals surface area contributed by atoms with Gasteiger partial charge in [-0.25, -0.2) is 4.79 Å². The van der Waals surface area contributed by atoms with Gasteiger partial charge in [-0.05, 0) is 18.5 Å². The van der Waals surface area contributed by atoms with E-state index in [-0.39, 0.29) is 6.61 Å². The number of hydrogen-bond donors (Lipinski definition) is 1. The van der Waals surface area contributed by atoms with Gasteiger partial charge in [0, 0.05) is 0 Å². The van der Waals surface area contributed by atoms with E-state index in [0.29, 0.717) is 6.54 Å². The quantitative estimate of drug-likeness (QED) is 0.286. The Kier molecular flexibility index (Phi) is 11.2. The van der Waals surface area contributed by atoms with Gasteiger partial charge in [-0.3, -0.25) is 4.79 Å².